The van der Waals surface area contributed by atoms with Crippen LogP contribution in [0.15, 0.2) is 60.7 Å². The van der Waals surface area contributed by atoms with Crippen molar-refractivity contribution in [3.8, 4) is 0 Å². The lowest BCUT2D eigenvalue weighted by molar-refractivity contribution is 0.0258. The van der Waals surface area contributed by atoms with Gasteiger partial charge < -0.3 is 9.47 Å². The lowest BCUT2D eigenvalue weighted by Crippen LogP contribution is -2.34. The van der Waals surface area contributed by atoms with E-state index in [1.807, 2.05) is 60.7 Å². The van der Waals surface area contributed by atoms with Gasteiger partial charge in [-0.05, 0) is 18.1 Å². The summed E-state index contributed by atoms with van der Waals surface area (Å²) in [7, 11) is 0. The summed E-state index contributed by atoms with van der Waals surface area (Å²) in [5.41, 5.74) is 2.01. The van der Waals surface area contributed by atoms with E-state index in [0.29, 0.717) is 6.61 Å². The highest BCUT2D eigenvalue weighted by Crippen LogP contribution is 2.03. The molecule has 110 valence electrons. The van der Waals surface area contributed by atoms with Crippen LogP contribution in [-0.4, -0.2) is 12.3 Å². The van der Waals surface area contributed by atoms with Crippen molar-refractivity contribution in [2.75, 3.05) is 0 Å². The Labute approximate surface area is 124 Å². The van der Waals surface area contributed by atoms with Crippen LogP contribution in [0.5, 0.6) is 0 Å². The van der Waals surface area contributed by atoms with E-state index in [4.69, 9.17) is 9.47 Å². The smallest absolute Gasteiger partial charge is 0.409 e. The number of amides is 1. The minimum Gasteiger partial charge on any atom is -0.445 e. The summed E-state index contributed by atoms with van der Waals surface area (Å²) < 4.78 is 10.7. The Morgan fingerprint density at radius 1 is 0.952 bits per heavy atom. The van der Waals surface area contributed by atoms with Crippen LogP contribution in [0.2, 0.25) is 0 Å². The molecular formula is C17H19NO3. The SMILES string of the molecule is CC(NC(=O)OCc1ccccc1)OCc1ccccc1. The lowest BCUT2D eigenvalue weighted by Gasteiger charge is -2.15. The Hall–Kier alpha value is -2.33. The molecule has 0 bridgehead atoms. The number of ether oxygens (including phenoxy) is 2. The molecule has 21 heavy (non-hydrogen) atoms. The van der Waals surface area contributed by atoms with Gasteiger partial charge in [0.05, 0.1) is 6.61 Å². The van der Waals surface area contributed by atoms with Gasteiger partial charge in [0.25, 0.3) is 0 Å². The zero-order valence-electron chi connectivity index (χ0n) is 12.0. The van der Waals surface area contributed by atoms with Gasteiger partial charge in [-0.3, -0.25) is 5.32 Å². The van der Waals surface area contributed by atoms with Crippen molar-refractivity contribution in [1.29, 1.82) is 0 Å². The summed E-state index contributed by atoms with van der Waals surface area (Å²) in [6.45, 7) is 2.46. The molecular weight excluding hydrogens is 266 g/mol. The Morgan fingerprint density at radius 3 is 2.05 bits per heavy atom. The first-order valence-corrected chi connectivity index (χ1v) is 6.87. The summed E-state index contributed by atoms with van der Waals surface area (Å²) in [6.07, 6.45) is -0.895. The zero-order valence-corrected chi connectivity index (χ0v) is 12.0. The predicted molar refractivity (Wildman–Crippen MR) is 80.5 cm³/mol. The maximum atomic E-state index is 11.6. The molecule has 4 heteroatoms. The molecule has 0 aliphatic carbocycles. The van der Waals surface area contributed by atoms with Gasteiger partial charge in [0.2, 0.25) is 0 Å². The van der Waals surface area contributed by atoms with Crippen LogP contribution in [0.3, 0.4) is 0 Å². The third kappa shape index (κ3) is 5.67. The fraction of sp³-hybridized carbons (Fsp3) is 0.235. The highest BCUT2D eigenvalue weighted by atomic mass is 16.6. The average Bonchev–Trinajstić information content (AvgIpc) is 2.53. The first kappa shape index (κ1) is 15.1. The van der Waals surface area contributed by atoms with Gasteiger partial charge in [-0.15, -0.1) is 0 Å². The molecule has 1 unspecified atom stereocenters. The van der Waals surface area contributed by atoms with Crippen molar-refractivity contribution in [1.82, 2.24) is 5.32 Å². The number of alkyl carbamates (subject to hydrolysis) is 1. The van der Waals surface area contributed by atoms with Gasteiger partial charge in [0, 0.05) is 0 Å². The highest BCUT2D eigenvalue weighted by molar-refractivity contribution is 5.67. The molecule has 0 aliphatic heterocycles. The molecule has 0 spiro atoms. The summed E-state index contributed by atoms with van der Waals surface area (Å²) in [5.74, 6) is 0. The molecule has 4 nitrogen and oxygen atoms in total. The van der Waals surface area contributed by atoms with Gasteiger partial charge in [0.15, 0.2) is 0 Å². The van der Waals surface area contributed by atoms with Crippen molar-refractivity contribution in [2.24, 2.45) is 0 Å². The van der Waals surface area contributed by atoms with E-state index < -0.39 is 12.3 Å². The molecule has 1 N–H and O–H groups in total. The third-order valence-corrected chi connectivity index (χ3v) is 2.88. The number of carbonyl (C=O) groups is 1. The zero-order chi connectivity index (χ0) is 14.9. The van der Waals surface area contributed by atoms with E-state index in [1.165, 1.54) is 0 Å². The van der Waals surface area contributed by atoms with Crippen LogP contribution in [0, 0.1) is 0 Å². The number of benzene rings is 2. The fourth-order valence-corrected chi connectivity index (χ4v) is 1.77. The summed E-state index contributed by atoms with van der Waals surface area (Å²) in [5, 5.41) is 2.64. The molecule has 0 fully saturated rings. The second kappa shape index (κ2) is 8.07. The molecule has 2 rings (SSSR count). The molecule has 0 radical (unpaired) electrons. The normalized spacial score (nSPS) is 11.7. The molecule has 0 saturated heterocycles. The molecule has 0 aliphatic rings. The van der Waals surface area contributed by atoms with Gasteiger partial charge in [0.1, 0.15) is 12.8 Å². The second-order valence-electron chi connectivity index (χ2n) is 4.64. The van der Waals surface area contributed by atoms with E-state index in [1.54, 1.807) is 6.92 Å². The van der Waals surface area contributed by atoms with Gasteiger partial charge in [-0.2, -0.15) is 0 Å². The van der Waals surface area contributed by atoms with E-state index in [2.05, 4.69) is 5.32 Å². The fourth-order valence-electron chi connectivity index (χ4n) is 1.77. The maximum Gasteiger partial charge on any atom is 0.409 e. The second-order valence-corrected chi connectivity index (χ2v) is 4.64. The van der Waals surface area contributed by atoms with Crippen LogP contribution in [-0.2, 0) is 22.7 Å². The number of hydrogen-bond donors (Lipinski definition) is 1. The molecule has 0 aromatic heterocycles. The summed E-state index contributed by atoms with van der Waals surface area (Å²) >= 11 is 0. The van der Waals surface area contributed by atoms with Gasteiger partial charge in [-0.1, -0.05) is 60.7 Å². The number of carbonyl (C=O) groups excluding carboxylic acids is 1. The minimum absolute atomic E-state index is 0.248. The van der Waals surface area contributed by atoms with Crippen LogP contribution in [0.25, 0.3) is 0 Å². The molecule has 0 saturated carbocycles. The third-order valence-electron chi connectivity index (χ3n) is 2.88. The summed E-state index contributed by atoms with van der Waals surface area (Å²) in [6, 6.07) is 19.3. The van der Waals surface area contributed by atoms with E-state index in [9.17, 15) is 4.79 Å². The lowest BCUT2D eigenvalue weighted by atomic mass is 10.2. The van der Waals surface area contributed by atoms with Crippen LogP contribution in [0.4, 0.5) is 4.79 Å². The van der Waals surface area contributed by atoms with Crippen LogP contribution < -0.4 is 5.32 Å². The minimum atomic E-state index is -0.487. The number of hydrogen-bond acceptors (Lipinski definition) is 3. The van der Waals surface area contributed by atoms with Gasteiger partial charge >= 0.3 is 6.09 Å². The Kier molecular flexibility index (Phi) is 5.79. The molecule has 0 heterocycles. The van der Waals surface area contributed by atoms with Crippen LogP contribution >= 0.6 is 0 Å². The summed E-state index contributed by atoms with van der Waals surface area (Å²) in [4.78, 5) is 11.6. The average molecular weight is 285 g/mol. The van der Waals surface area contributed by atoms with E-state index in [-0.39, 0.29) is 6.61 Å². The van der Waals surface area contributed by atoms with Crippen molar-refractivity contribution >= 4 is 6.09 Å². The van der Waals surface area contributed by atoms with E-state index >= 15 is 0 Å². The Bertz CT molecular complexity index is 542. The first-order chi connectivity index (χ1) is 10.2. The molecule has 2 aromatic carbocycles. The quantitative estimate of drug-likeness (QED) is 0.827. The predicted octanol–water partition coefficient (Wildman–Crippen LogP) is 3.48. The Balaban J connectivity index is 1.67. The molecule has 1 atom stereocenters. The molecule has 2 aromatic rings. The topological polar surface area (TPSA) is 47.6 Å². The largest absolute Gasteiger partial charge is 0.445 e. The first-order valence-electron chi connectivity index (χ1n) is 6.87. The van der Waals surface area contributed by atoms with Crippen molar-refractivity contribution in [3.63, 3.8) is 0 Å². The monoisotopic (exact) mass is 285 g/mol. The van der Waals surface area contributed by atoms with Crippen molar-refractivity contribution in [3.05, 3.63) is 71.8 Å². The van der Waals surface area contributed by atoms with Crippen LogP contribution in [0.1, 0.15) is 18.1 Å². The van der Waals surface area contributed by atoms with Crippen molar-refractivity contribution in [2.45, 2.75) is 26.4 Å². The van der Waals surface area contributed by atoms with Gasteiger partial charge in [-0.25, -0.2) is 4.79 Å². The maximum absolute atomic E-state index is 11.6. The highest BCUT2D eigenvalue weighted by Gasteiger charge is 2.08. The molecule has 1 amide bonds. The van der Waals surface area contributed by atoms with Crippen molar-refractivity contribution < 1.29 is 14.3 Å². The number of rotatable bonds is 6. The number of nitrogens with one attached hydrogen (secondary N) is 1. The van der Waals surface area contributed by atoms with E-state index in [0.717, 1.165) is 11.1 Å². The standard InChI is InChI=1S/C17H19NO3/c1-14(20-12-15-8-4-2-5-9-15)18-17(19)21-13-16-10-6-3-7-11-16/h2-11,14H,12-13H2,1H3,(H,18,19). The Morgan fingerprint density at radius 2 is 1.48 bits per heavy atom.